The highest BCUT2D eigenvalue weighted by atomic mass is 35.5. The van der Waals surface area contributed by atoms with E-state index in [2.05, 4.69) is 20.0 Å². The van der Waals surface area contributed by atoms with Crippen molar-refractivity contribution in [2.75, 3.05) is 25.5 Å². The zero-order valence-corrected chi connectivity index (χ0v) is 27.9. The fraction of sp³-hybridized carbons (Fsp3) is 0.324. The third kappa shape index (κ3) is 9.28. The van der Waals surface area contributed by atoms with Gasteiger partial charge in [-0.1, -0.05) is 23.7 Å². The van der Waals surface area contributed by atoms with Crippen molar-refractivity contribution in [1.29, 1.82) is 0 Å². The Hall–Kier alpha value is -5.11. The molecule has 0 radical (unpaired) electrons. The van der Waals surface area contributed by atoms with Crippen molar-refractivity contribution in [3.8, 4) is 5.75 Å². The predicted octanol–water partition coefficient (Wildman–Crippen LogP) is 7.41. The van der Waals surface area contributed by atoms with Crippen LogP contribution in [0, 0.1) is 0 Å². The van der Waals surface area contributed by atoms with E-state index in [-0.39, 0.29) is 18.1 Å². The summed E-state index contributed by atoms with van der Waals surface area (Å²) in [6.45, 7) is 6.53. The minimum absolute atomic E-state index is 0.0366. The molecule has 3 aromatic heterocycles. The van der Waals surface area contributed by atoms with E-state index >= 15 is 0 Å². The number of halogens is 4. The van der Waals surface area contributed by atoms with E-state index < -0.39 is 29.8 Å². The van der Waals surface area contributed by atoms with E-state index in [1.54, 1.807) is 51.6 Å². The van der Waals surface area contributed by atoms with E-state index in [1.165, 1.54) is 24.1 Å². The molecule has 2 aromatic carbocycles. The quantitative estimate of drug-likeness (QED) is 0.111. The number of anilines is 1. The van der Waals surface area contributed by atoms with Gasteiger partial charge in [0.2, 0.25) is 0 Å². The van der Waals surface area contributed by atoms with E-state index in [1.807, 2.05) is 22.9 Å². The Kier molecular flexibility index (Phi) is 10.5. The number of pyridine rings is 2. The second-order valence-electron chi connectivity index (χ2n) is 12.1. The van der Waals surface area contributed by atoms with E-state index in [0.717, 1.165) is 27.9 Å². The first-order valence-corrected chi connectivity index (χ1v) is 15.6. The third-order valence-corrected chi connectivity index (χ3v) is 7.55. The lowest BCUT2D eigenvalue weighted by atomic mass is 10.1. The van der Waals surface area contributed by atoms with Crippen molar-refractivity contribution < 1.29 is 37.0 Å². The molecule has 0 aliphatic rings. The standard InChI is InChI=1S/C34H34ClF3N6O5/c1-33(2,3)49-32(46)44(18-21-5-8-29(27(35)15-21)48-34(36,37)38)13-10-23-19-43(20-41-23)14-12-40-30-25-9-11-39-17-26(25)24-7-6-22(31(45)47-4)16-28(24)42-30/h5-9,11,15-17,19-20H,10,12-14,18H2,1-4H3,(H,40,42). The highest BCUT2D eigenvalue weighted by Gasteiger charge is 2.32. The summed E-state index contributed by atoms with van der Waals surface area (Å²) >= 11 is 6.04. The summed E-state index contributed by atoms with van der Waals surface area (Å²) in [6, 6.07) is 10.9. The van der Waals surface area contributed by atoms with Gasteiger partial charge in [0, 0.05) is 67.3 Å². The first kappa shape index (κ1) is 35.2. The minimum atomic E-state index is -4.88. The number of nitrogens with zero attached hydrogens (tertiary/aromatic N) is 5. The zero-order chi connectivity index (χ0) is 35.3. The number of hydrogen-bond donors (Lipinski definition) is 1. The number of rotatable bonds is 11. The number of carbonyl (C=O) groups is 2. The second kappa shape index (κ2) is 14.6. The molecule has 0 aliphatic heterocycles. The molecule has 0 atom stereocenters. The fourth-order valence-electron chi connectivity index (χ4n) is 5.07. The molecule has 0 bridgehead atoms. The topological polar surface area (TPSA) is 121 Å². The zero-order valence-electron chi connectivity index (χ0n) is 27.2. The van der Waals surface area contributed by atoms with Gasteiger partial charge in [0.25, 0.3) is 0 Å². The Balaban J connectivity index is 1.25. The molecule has 0 spiro atoms. The molecule has 5 aromatic rings. The summed E-state index contributed by atoms with van der Waals surface area (Å²) in [6.07, 6.45) is 1.92. The van der Waals surface area contributed by atoms with Gasteiger partial charge in [0.1, 0.15) is 17.2 Å². The maximum atomic E-state index is 13.1. The lowest BCUT2D eigenvalue weighted by molar-refractivity contribution is -0.274. The molecule has 0 unspecified atom stereocenters. The molecule has 3 heterocycles. The molecule has 11 nitrogen and oxygen atoms in total. The molecule has 258 valence electrons. The Labute approximate surface area is 285 Å². The van der Waals surface area contributed by atoms with Gasteiger partial charge in [-0.05, 0) is 56.7 Å². The summed E-state index contributed by atoms with van der Waals surface area (Å²) in [4.78, 5) is 40.2. The van der Waals surface area contributed by atoms with E-state index in [4.69, 9.17) is 26.1 Å². The fourth-order valence-corrected chi connectivity index (χ4v) is 5.31. The summed E-state index contributed by atoms with van der Waals surface area (Å²) < 4.78 is 54.3. The molecule has 0 saturated heterocycles. The number of nitrogens with one attached hydrogen (secondary N) is 1. The number of benzene rings is 2. The number of ether oxygens (including phenoxy) is 3. The molecular weight excluding hydrogens is 665 g/mol. The van der Waals surface area contributed by atoms with Crippen molar-refractivity contribution in [1.82, 2.24) is 24.4 Å². The smallest absolute Gasteiger partial charge is 0.465 e. The first-order valence-electron chi connectivity index (χ1n) is 15.2. The maximum Gasteiger partial charge on any atom is 0.573 e. The normalized spacial score (nSPS) is 11.8. The number of methoxy groups -OCH3 is 1. The Morgan fingerprint density at radius 1 is 1.04 bits per heavy atom. The van der Waals surface area contributed by atoms with Gasteiger partial charge in [0.05, 0.1) is 35.2 Å². The average Bonchev–Trinajstić information content (AvgIpc) is 3.49. The van der Waals surface area contributed by atoms with Crippen LogP contribution >= 0.6 is 11.6 Å². The van der Waals surface area contributed by atoms with Crippen LogP contribution in [0.15, 0.2) is 67.4 Å². The summed E-state index contributed by atoms with van der Waals surface area (Å²) in [5.74, 6) is -0.345. The van der Waals surface area contributed by atoms with Crippen LogP contribution in [-0.4, -0.2) is 68.6 Å². The van der Waals surface area contributed by atoms with Crippen molar-refractivity contribution in [2.24, 2.45) is 0 Å². The third-order valence-electron chi connectivity index (χ3n) is 7.25. The molecule has 0 fully saturated rings. The lowest BCUT2D eigenvalue weighted by Gasteiger charge is -2.27. The number of amides is 1. The van der Waals surface area contributed by atoms with Crippen molar-refractivity contribution in [2.45, 2.75) is 52.2 Å². The summed E-state index contributed by atoms with van der Waals surface area (Å²) in [5, 5.41) is 5.77. The molecular formula is C34H34ClF3N6O5. The molecule has 0 aliphatic carbocycles. The molecule has 5 rings (SSSR count). The second-order valence-corrected chi connectivity index (χ2v) is 12.5. The first-order chi connectivity index (χ1) is 23.2. The summed E-state index contributed by atoms with van der Waals surface area (Å²) in [5.41, 5.74) is 1.46. The summed E-state index contributed by atoms with van der Waals surface area (Å²) in [7, 11) is 1.33. The molecule has 1 N–H and O–H groups in total. The number of esters is 1. The average molecular weight is 699 g/mol. The molecule has 15 heteroatoms. The van der Waals surface area contributed by atoms with Crippen LogP contribution < -0.4 is 10.1 Å². The van der Waals surface area contributed by atoms with Crippen molar-refractivity contribution in [3.63, 3.8) is 0 Å². The van der Waals surface area contributed by atoms with Crippen LogP contribution in [0.5, 0.6) is 5.75 Å². The molecule has 0 saturated carbocycles. The minimum Gasteiger partial charge on any atom is -0.465 e. The molecule has 1 amide bonds. The highest BCUT2D eigenvalue weighted by Crippen LogP contribution is 2.32. The van der Waals surface area contributed by atoms with Crippen LogP contribution in [0.2, 0.25) is 5.02 Å². The van der Waals surface area contributed by atoms with Crippen molar-refractivity contribution in [3.05, 3.63) is 89.2 Å². The highest BCUT2D eigenvalue weighted by molar-refractivity contribution is 6.32. The van der Waals surface area contributed by atoms with Crippen LogP contribution in [0.4, 0.5) is 23.8 Å². The Bertz CT molecular complexity index is 1980. The van der Waals surface area contributed by atoms with E-state index in [9.17, 15) is 22.8 Å². The van der Waals surface area contributed by atoms with Gasteiger partial charge in [-0.15, -0.1) is 13.2 Å². The Morgan fingerprint density at radius 3 is 2.55 bits per heavy atom. The maximum absolute atomic E-state index is 13.1. The Morgan fingerprint density at radius 2 is 1.84 bits per heavy atom. The van der Waals surface area contributed by atoms with Crippen LogP contribution in [0.1, 0.15) is 42.4 Å². The number of hydrogen-bond acceptors (Lipinski definition) is 9. The monoisotopic (exact) mass is 698 g/mol. The van der Waals surface area contributed by atoms with Gasteiger partial charge in [-0.3, -0.25) is 4.98 Å². The van der Waals surface area contributed by atoms with Crippen LogP contribution in [-0.2, 0) is 29.0 Å². The van der Waals surface area contributed by atoms with Gasteiger partial charge < -0.3 is 29.0 Å². The number of alkyl halides is 3. The van der Waals surface area contributed by atoms with Crippen LogP contribution in [0.25, 0.3) is 21.7 Å². The SMILES string of the molecule is COC(=O)c1ccc2c(c1)nc(NCCn1cnc(CCN(Cc3ccc(OC(F)(F)F)c(Cl)c3)C(=O)OC(C)(C)C)c1)c1ccncc12. The largest absolute Gasteiger partial charge is 0.573 e. The van der Waals surface area contributed by atoms with Crippen molar-refractivity contribution >= 4 is 51.2 Å². The van der Waals surface area contributed by atoms with Gasteiger partial charge >= 0.3 is 18.4 Å². The van der Waals surface area contributed by atoms with Gasteiger partial charge in [-0.25, -0.2) is 19.6 Å². The van der Waals surface area contributed by atoms with Gasteiger partial charge in [-0.2, -0.15) is 0 Å². The number of fused-ring (bicyclic) bond motifs is 3. The predicted molar refractivity (Wildman–Crippen MR) is 178 cm³/mol. The lowest BCUT2D eigenvalue weighted by Crippen LogP contribution is -2.37. The van der Waals surface area contributed by atoms with Gasteiger partial charge in [0.15, 0.2) is 0 Å². The number of carbonyl (C=O) groups excluding carboxylic acids is 2. The number of imidazole rings is 1. The van der Waals surface area contributed by atoms with Crippen LogP contribution in [0.3, 0.4) is 0 Å². The van der Waals surface area contributed by atoms with E-state index in [0.29, 0.717) is 42.0 Å². The number of aromatic nitrogens is 4. The molecule has 49 heavy (non-hydrogen) atoms.